The largest absolute Gasteiger partial charge is 0.390 e. The number of hydrogen-bond acceptors (Lipinski definition) is 6. The topological polar surface area (TPSA) is 96.7 Å². The summed E-state index contributed by atoms with van der Waals surface area (Å²) in [6.07, 6.45) is 2.50. The Morgan fingerprint density at radius 3 is 2.59 bits per heavy atom. The van der Waals surface area contributed by atoms with Crippen LogP contribution in [-0.4, -0.2) is 63.1 Å². The molecule has 2 fully saturated rings. The molecule has 6 rings (SSSR count). The molecule has 1 amide bonds. The van der Waals surface area contributed by atoms with Crippen molar-refractivity contribution in [3.63, 3.8) is 0 Å². The predicted molar refractivity (Wildman–Crippen MR) is 143 cm³/mol. The maximum atomic E-state index is 13.4. The molecule has 3 aromatic rings. The molecule has 3 unspecified atom stereocenters. The molecule has 37 heavy (non-hydrogen) atoms. The lowest BCUT2D eigenvalue weighted by molar-refractivity contribution is -0.00714. The van der Waals surface area contributed by atoms with Crippen molar-refractivity contribution in [2.24, 2.45) is 0 Å². The van der Waals surface area contributed by atoms with Crippen molar-refractivity contribution in [1.29, 1.82) is 0 Å². The number of ether oxygens (including phenoxy) is 1. The number of aryl methyl sites for hydroxylation is 1. The number of morpholine rings is 1. The number of benzene rings is 2. The van der Waals surface area contributed by atoms with E-state index in [1.807, 2.05) is 30.0 Å². The van der Waals surface area contributed by atoms with Crippen molar-refractivity contribution in [3.05, 3.63) is 75.2 Å². The first-order chi connectivity index (χ1) is 17.5. The van der Waals surface area contributed by atoms with Gasteiger partial charge in [-0.2, -0.15) is 5.10 Å². The number of rotatable bonds is 5. The highest BCUT2D eigenvalue weighted by atomic mass is 35.5. The van der Waals surface area contributed by atoms with Crippen LogP contribution >= 0.6 is 12.4 Å². The third-order valence-corrected chi connectivity index (χ3v) is 8.03. The lowest BCUT2D eigenvalue weighted by atomic mass is 9.93. The zero-order valence-corrected chi connectivity index (χ0v) is 21.7. The summed E-state index contributed by atoms with van der Waals surface area (Å²) in [5.41, 5.74) is 3.55. The molecule has 1 aromatic heterocycles. The van der Waals surface area contributed by atoms with E-state index in [0.717, 1.165) is 18.5 Å². The molecule has 0 aliphatic carbocycles. The maximum absolute atomic E-state index is 13.4. The lowest BCUT2D eigenvalue weighted by Gasteiger charge is -2.34. The van der Waals surface area contributed by atoms with Gasteiger partial charge in [0.25, 0.3) is 11.5 Å². The average Bonchev–Trinajstić information content (AvgIpc) is 3.16. The van der Waals surface area contributed by atoms with Gasteiger partial charge in [-0.3, -0.25) is 9.59 Å². The highest BCUT2D eigenvalue weighted by Gasteiger charge is 2.40. The number of fused-ring (bicyclic) bond motifs is 4. The van der Waals surface area contributed by atoms with Crippen LogP contribution < -0.4 is 10.9 Å². The van der Waals surface area contributed by atoms with Crippen LogP contribution in [0.15, 0.2) is 47.3 Å². The molecule has 4 heterocycles. The van der Waals surface area contributed by atoms with Crippen molar-refractivity contribution in [3.8, 4) is 0 Å². The van der Waals surface area contributed by atoms with Gasteiger partial charge in [-0.15, -0.1) is 12.4 Å². The van der Waals surface area contributed by atoms with Crippen LogP contribution in [0, 0.1) is 0 Å². The molecule has 8 nitrogen and oxygen atoms in total. The molecule has 4 atom stereocenters. The molecule has 2 aromatic carbocycles. The van der Waals surface area contributed by atoms with Crippen molar-refractivity contribution in [2.45, 2.75) is 69.9 Å². The van der Waals surface area contributed by atoms with Crippen LogP contribution in [0.25, 0.3) is 10.8 Å². The number of amides is 1. The Bertz CT molecular complexity index is 1360. The van der Waals surface area contributed by atoms with E-state index >= 15 is 0 Å². The number of aromatic nitrogens is 2. The number of aliphatic hydroxyl groups is 1. The zero-order valence-electron chi connectivity index (χ0n) is 20.9. The predicted octanol–water partition coefficient (Wildman–Crippen LogP) is 2.46. The van der Waals surface area contributed by atoms with E-state index in [2.05, 4.69) is 22.5 Å². The van der Waals surface area contributed by atoms with Gasteiger partial charge in [-0.1, -0.05) is 31.2 Å². The van der Waals surface area contributed by atoms with Crippen molar-refractivity contribution < 1.29 is 14.6 Å². The summed E-state index contributed by atoms with van der Waals surface area (Å²) < 4.78 is 7.01. The van der Waals surface area contributed by atoms with Crippen LogP contribution in [0.5, 0.6) is 0 Å². The number of aliphatic hydroxyl groups excluding tert-OH is 1. The molecule has 0 spiro atoms. The van der Waals surface area contributed by atoms with Crippen LogP contribution in [0.3, 0.4) is 0 Å². The first-order valence-corrected chi connectivity index (χ1v) is 13.0. The number of carbonyl (C=O) groups excluding carboxylic acids is 1. The summed E-state index contributed by atoms with van der Waals surface area (Å²) in [5.74, 6) is -0.00184. The van der Waals surface area contributed by atoms with Gasteiger partial charge in [-0.25, -0.2) is 4.68 Å². The molecule has 2 N–H and O–H groups in total. The molecule has 2 bridgehead atoms. The Morgan fingerprint density at radius 2 is 1.86 bits per heavy atom. The van der Waals surface area contributed by atoms with Crippen molar-refractivity contribution >= 4 is 29.1 Å². The summed E-state index contributed by atoms with van der Waals surface area (Å²) in [5, 5.41) is 20.3. The quantitative estimate of drug-likeness (QED) is 0.532. The average molecular weight is 525 g/mol. The second kappa shape index (κ2) is 10.5. The van der Waals surface area contributed by atoms with E-state index in [1.165, 1.54) is 15.8 Å². The second-order valence-corrected chi connectivity index (χ2v) is 10.2. The van der Waals surface area contributed by atoms with Gasteiger partial charge < -0.3 is 20.1 Å². The van der Waals surface area contributed by atoms with Gasteiger partial charge >= 0.3 is 0 Å². The zero-order chi connectivity index (χ0) is 24.8. The first kappa shape index (κ1) is 25.9. The molecule has 3 aliphatic heterocycles. The minimum absolute atomic E-state index is 0. The normalized spacial score (nSPS) is 23.4. The maximum Gasteiger partial charge on any atom is 0.274 e. The lowest BCUT2D eigenvalue weighted by Crippen LogP contribution is -2.49. The van der Waals surface area contributed by atoms with Gasteiger partial charge in [0.15, 0.2) is 0 Å². The van der Waals surface area contributed by atoms with Gasteiger partial charge in [0.1, 0.15) is 0 Å². The summed E-state index contributed by atoms with van der Waals surface area (Å²) in [7, 11) is 0. The van der Waals surface area contributed by atoms with E-state index in [1.54, 1.807) is 12.1 Å². The third kappa shape index (κ3) is 4.68. The summed E-state index contributed by atoms with van der Waals surface area (Å²) >= 11 is 0. The fourth-order valence-electron chi connectivity index (χ4n) is 6.04. The van der Waals surface area contributed by atoms with Crippen LogP contribution in [-0.2, 0) is 30.7 Å². The van der Waals surface area contributed by atoms with E-state index in [4.69, 9.17) is 4.74 Å². The number of halogens is 1. The fourth-order valence-corrected chi connectivity index (χ4v) is 6.04. The first-order valence-electron chi connectivity index (χ1n) is 13.0. The smallest absolute Gasteiger partial charge is 0.274 e. The number of hydrogen-bond donors (Lipinski definition) is 2. The Hall–Kier alpha value is -2.78. The molecule has 196 valence electrons. The minimum atomic E-state index is -0.761. The standard InChI is InChI=1S/C28H32N4O4.ClH/c1-2-24-23-11-18(27(34)32-20-8-9-21(32)16-36-15-20)7-10-22(23)28(35)31(30-24)14-26(33)25-12-17-5-3-4-6-19(17)13-29-25;/h3-7,10-11,20-21,25-26,29,33H,2,8-9,12-16H2,1H3;1H/t20?,21?,25-,26?;/m0./s1. The van der Waals surface area contributed by atoms with Crippen LogP contribution in [0.4, 0.5) is 0 Å². The van der Waals surface area contributed by atoms with Crippen molar-refractivity contribution in [2.75, 3.05) is 13.2 Å². The molecular weight excluding hydrogens is 492 g/mol. The Labute approximate surface area is 222 Å². The molecule has 9 heteroatoms. The third-order valence-electron chi connectivity index (χ3n) is 8.03. The number of nitrogens with zero attached hydrogens (tertiary/aromatic N) is 3. The molecule has 3 aliphatic rings. The summed E-state index contributed by atoms with van der Waals surface area (Å²) in [4.78, 5) is 28.7. The van der Waals surface area contributed by atoms with Crippen LogP contribution in [0.2, 0.25) is 0 Å². The number of carbonyl (C=O) groups is 1. The van der Waals surface area contributed by atoms with Crippen molar-refractivity contribution in [1.82, 2.24) is 20.0 Å². The summed E-state index contributed by atoms with van der Waals surface area (Å²) in [6.45, 7) is 3.97. The highest BCUT2D eigenvalue weighted by molar-refractivity contribution is 5.99. The van der Waals surface area contributed by atoms with Gasteiger partial charge in [0, 0.05) is 23.5 Å². The van der Waals surface area contributed by atoms with Gasteiger partial charge in [0.2, 0.25) is 0 Å². The van der Waals surface area contributed by atoms with E-state index in [0.29, 0.717) is 48.9 Å². The monoisotopic (exact) mass is 524 g/mol. The van der Waals surface area contributed by atoms with E-state index in [-0.39, 0.29) is 48.5 Å². The minimum Gasteiger partial charge on any atom is -0.390 e. The number of nitrogens with one attached hydrogen (secondary N) is 1. The van der Waals surface area contributed by atoms with E-state index in [9.17, 15) is 14.7 Å². The second-order valence-electron chi connectivity index (χ2n) is 10.2. The van der Waals surface area contributed by atoms with E-state index < -0.39 is 6.10 Å². The van der Waals surface area contributed by atoms with Gasteiger partial charge in [-0.05, 0) is 55.0 Å². The van der Waals surface area contributed by atoms with Gasteiger partial charge in [0.05, 0.1) is 49.0 Å². The fraction of sp³-hybridized carbons (Fsp3) is 0.464. The van der Waals surface area contributed by atoms with Crippen LogP contribution in [0.1, 0.15) is 46.9 Å². The molecule has 0 radical (unpaired) electrons. The summed E-state index contributed by atoms with van der Waals surface area (Å²) in [6, 6.07) is 13.6. The molecule has 2 saturated heterocycles. The Morgan fingerprint density at radius 1 is 1.14 bits per heavy atom. The Kier molecular flexibility index (Phi) is 7.36. The highest BCUT2D eigenvalue weighted by Crippen LogP contribution is 2.31. The SMILES string of the molecule is CCc1nn(CC(O)[C@@H]2Cc3ccccc3CN2)c(=O)c2ccc(C(=O)N3C4CCC3COC4)cc12.Cl. The molecular formula is C28H33ClN4O4. The molecule has 0 saturated carbocycles. The Balaban J connectivity index is 0.00000280.